The minimum Gasteiger partial charge on any atom is -0.483 e. The van der Waals surface area contributed by atoms with Crippen molar-refractivity contribution in [3.8, 4) is 5.75 Å². The topological polar surface area (TPSA) is 68.3 Å². The number of anilines is 1. The van der Waals surface area contributed by atoms with E-state index in [1.54, 1.807) is 5.38 Å². The van der Waals surface area contributed by atoms with Crippen molar-refractivity contribution in [1.82, 2.24) is 4.98 Å². The van der Waals surface area contributed by atoms with Crippen LogP contribution in [-0.4, -0.2) is 23.3 Å². The molecule has 0 atom stereocenters. The highest BCUT2D eigenvalue weighted by atomic mass is 32.1. The fourth-order valence-corrected chi connectivity index (χ4v) is 2.49. The van der Waals surface area contributed by atoms with Crippen LogP contribution in [0.25, 0.3) is 0 Å². The van der Waals surface area contributed by atoms with Crippen molar-refractivity contribution in [1.29, 1.82) is 0 Å². The van der Waals surface area contributed by atoms with Gasteiger partial charge in [-0.25, -0.2) is 4.98 Å². The quantitative estimate of drug-likeness (QED) is 0.833. The fourth-order valence-electron chi connectivity index (χ4n) is 1.73. The number of amides is 1. The summed E-state index contributed by atoms with van der Waals surface area (Å²) in [6.07, 6.45) is 0.840. The van der Waals surface area contributed by atoms with Gasteiger partial charge in [-0.2, -0.15) is 0 Å². The minimum absolute atomic E-state index is 0.0913. The Balaban J connectivity index is 1.91. The lowest BCUT2D eigenvalue weighted by atomic mass is 10.1. The second kappa shape index (κ2) is 6.99. The van der Waals surface area contributed by atoms with E-state index < -0.39 is 0 Å². The molecule has 0 bridgehead atoms. The summed E-state index contributed by atoms with van der Waals surface area (Å²) in [6.45, 7) is 3.37. The number of para-hydroxylation sites is 1. The first-order valence-corrected chi connectivity index (χ1v) is 7.45. The largest absolute Gasteiger partial charge is 0.483 e. The normalized spacial score (nSPS) is 10.2. The van der Waals surface area contributed by atoms with E-state index in [2.05, 4.69) is 10.3 Å². The maximum absolute atomic E-state index is 11.8. The molecule has 6 heteroatoms. The summed E-state index contributed by atoms with van der Waals surface area (Å²) in [5.41, 5.74) is 1.41. The molecule has 2 rings (SSSR count). The van der Waals surface area contributed by atoms with Gasteiger partial charge >= 0.3 is 0 Å². The molecule has 0 aliphatic carbocycles. The van der Waals surface area contributed by atoms with Crippen LogP contribution in [0.1, 0.15) is 29.9 Å². The van der Waals surface area contributed by atoms with E-state index in [4.69, 9.17) is 4.74 Å². The van der Waals surface area contributed by atoms with Crippen LogP contribution in [-0.2, 0) is 11.2 Å². The summed E-state index contributed by atoms with van der Waals surface area (Å²) < 4.78 is 5.51. The first-order valence-electron chi connectivity index (χ1n) is 6.57. The number of carbonyl (C=O) groups excluding carboxylic acids is 2. The van der Waals surface area contributed by atoms with Crippen molar-refractivity contribution >= 4 is 28.2 Å². The maximum Gasteiger partial charge on any atom is 0.264 e. The molecule has 110 valence electrons. The number of nitrogens with zero attached hydrogens (tertiary/aromatic N) is 1. The third-order valence-electron chi connectivity index (χ3n) is 2.82. The van der Waals surface area contributed by atoms with Gasteiger partial charge in [-0.15, -0.1) is 11.3 Å². The van der Waals surface area contributed by atoms with Crippen molar-refractivity contribution < 1.29 is 14.3 Å². The SMILES string of the molecule is CCc1ccccc1OCC(=O)Nc1nc(C(C)=O)cs1. The number of nitrogens with one attached hydrogen (secondary N) is 1. The van der Waals surface area contributed by atoms with Gasteiger partial charge in [0.25, 0.3) is 5.91 Å². The van der Waals surface area contributed by atoms with Crippen LogP contribution >= 0.6 is 11.3 Å². The van der Waals surface area contributed by atoms with Crippen LogP contribution in [0.15, 0.2) is 29.6 Å². The summed E-state index contributed by atoms with van der Waals surface area (Å²) >= 11 is 1.22. The Morgan fingerprint density at radius 1 is 1.33 bits per heavy atom. The summed E-state index contributed by atoms with van der Waals surface area (Å²) in [4.78, 5) is 27.0. The minimum atomic E-state index is -0.301. The molecule has 1 amide bonds. The highest BCUT2D eigenvalue weighted by Gasteiger charge is 2.10. The lowest BCUT2D eigenvalue weighted by Crippen LogP contribution is -2.20. The zero-order valence-electron chi connectivity index (χ0n) is 11.9. The van der Waals surface area contributed by atoms with E-state index in [9.17, 15) is 9.59 Å². The van der Waals surface area contributed by atoms with Gasteiger partial charge in [-0.1, -0.05) is 25.1 Å². The van der Waals surface area contributed by atoms with Crippen LogP contribution < -0.4 is 10.1 Å². The molecule has 21 heavy (non-hydrogen) atoms. The van der Waals surface area contributed by atoms with Crippen molar-refractivity contribution in [3.63, 3.8) is 0 Å². The number of aryl methyl sites for hydroxylation is 1. The lowest BCUT2D eigenvalue weighted by molar-refractivity contribution is -0.118. The molecule has 1 N–H and O–H groups in total. The van der Waals surface area contributed by atoms with E-state index in [0.29, 0.717) is 16.6 Å². The van der Waals surface area contributed by atoms with Crippen molar-refractivity contribution in [3.05, 3.63) is 40.9 Å². The molecule has 5 nitrogen and oxygen atoms in total. The molecule has 0 aliphatic rings. The molecule has 1 aromatic carbocycles. The standard InChI is InChI=1S/C15H16N2O3S/c1-3-11-6-4-5-7-13(11)20-8-14(19)17-15-16-12(9-21-15)10(2)18/h4-7,9H,3,8H2,1-2H3,(H,16,17,19). The van der Waals surface area contributed by atoms with Crippen molar-refractivity contribution in [2.75, 3.05) is 11.9 Å². The number of thiazole rings is 1. The zero-order valence-corrected chi connectivity index (χ0v) is 12.7. The van der Waals surface area contributed by atoms with Crippen LogP contribution in [0.2, 0.25) is 0 Å². The predicted octanol–water partition coefficient (Wildman–Crippen LogP) is 2.93. The number of ether oxygens (including phenoxy) is 1. The second-order valence-electron chi connectivity index (χ2n) is 4.39. The highest BCUT2D eigenvalue weighted by Crippen LogP contribution is 2.19. The Morgan fingerprint density at radius 3 is 2.76 bits per heavy atom. The third-order valence-corrected chi connectivity index (χ3v) is 3.58. The summed E-state index contributed by atoms with van der Waals surface area (Å²) in [5.74, 6) is 0.281. The van der Waals surface area contributed by atoms with Gasteiger partial charge in [0.2, 0.25) is 0 Å². The molecule has 0 spiro atoms. The molecule has 2 aromatic rings. The molecule has 0 saturated heterocycles. The number of ketones is 1. The highest BCUT2D eigenvalue weighted by molar-refractivity contribution is 7.14. The smallest absolute Gasteiger partial charge is 0.264 e. The number of benzene rings is 1. The molecule has 0 radical (unpaired) electrons. The number of carbonyl (C=O) groups is 2. The fraction of sp³-hybridized carbons (Fsp3) is 0.267. The van der Waals surface area contributed by atoms with Crippen LogP contribution in [0, 0.1) is 0 Å². The van der Waals surface area contributed by atoms with Crippen LogP contribution in [0.4, 0.5) is 5.13 Å². The molecule has 0 unspecified atom stereocenters. The molecule has 0 aliphatic heterocycles. The Bertz CT molecular complexity index is 652. The van der Waals surface area contributed by atoms with Gasteiger partial charge in [0.15, 0.2) is 17.5 Å². The van der Waals surface area contributed by atoms with Gasteiger partial charge in [0.1, 0.15) is 11.4 Å². The van der Waals surface area contributed by atoms with E-state index in [-0.39, 0.29) is 18.3 Å². The molecular formula is C15H16N2O3S. The zero-order chi connectivity index (χ0) is 15.2. The third kappa shape index (κ3) is 4.13. The van der Waals surface area contributed by atoms with E-state index in [1.807, 2.05) is 31.2 Å². The van der Waals surface area contributed by atoms with E-state index in [1.165, 1.54) is 18.3 Å². The molecular weight excluding hydrogens is 288 g/mol. The molecule has 1 heterocycles. The number of rotatable bonds is 6. The number of Topliss-reactive ketones (excluding diaryl/α,β-unsaturated/α-hetero) is 1. The summed E-state index contributed by atoms with van der Waals surface area (Å²) in [6, 6.07) is 7.60. The monoisotopic (exact) mass is 304 g/mol. The summed E-state index contributed by atoms with van der Waals surface area (Å²) in [7, 11) is 0. The Labute approximate surface area is 127 Å². The Morgan fingerprint density at radius 2 is 2.10 bits per heavy atom. The lowest BCUT2D eigenvalue weighted by Gasteiger charge is -2.09. The van der Waals surface area contributed by atoms with Crippen molar-refractivity contribution in [2.45, 2.75) is 20.3 Å². The van der Waals surface area contributed by atoms with Crippen LogP contribution in [0.3, 0.4) is 0 Å². The van der Waals surface area contributed by atoms with Crippen molar-refractivity contribution in [2.24, 2.45) is 0 Å². The average Bonchev–Trinajstić information content (AvgIpc) is 2.94. The number of hydrogen-bond acceptors (Lipinski definition) is 5. The molecule has 0 saturated carbocycles. The molecule has 0 fully saturated rings. The Kier molecular flexibility index (Phi) is 5.05. The number of hydrogen-bond donors (Lipinski definition) is 1. The van der Waals surface area contributed by atoms with Gasteiger partial charge in [-0.05, 0) is 18.1 Å². The van der Waals surface area contributed by atoms with Gasteiger partial charge in [0.05, 0.1) is 0 Å². The van der Waals surface area contributed by atoms with Crippen LogP contribution in [0.5, 0.6) is 5.75 Å². The average molecular weight is 304 g/mol. The molecule has 1 aromatic heterocycles. The van der Waals surface area contributed by atoms with Gasteiger partial charge in [-0.3, -0.25) is 14.9 Å². The second-order valence-corrected chi connectivity index (χ2v) is 5.25. The van der Waals surface area contributed by atoms with Gasteiger partial charge < -0.3 is 4.74 Å². The predicted molar refractivity (Wildman–Crippen MR) is 82.1 cm³/mol. The van der Waals surface area contributed by atoms with Gasteiger partial charge in [0, 0.05) is 12.3 Å². The maximum atomic E-state index is 11.8. The summed E-state index contributed by atoms with van der Waals surface area (Å²) in [5, 5.41) is 4.63. The number of aromatic nitrogens is 1. The Hall–Kier alpha value is -2.21. The van der Waals surface area contributed by atoms with E-state index >= 15 is 0 Å². The first kappa shape index (κ1) is 15.2. The first-order chi connectivity index (χ1) is 10.1. The van der Waals surface area contributed by atoms with E-state index in [0.717, 1.165) is 12.0 Å².